The standard InChI is InChI=1S/C17H20BrNO/c1-12-5-8-17(13(2)9-12)19(3)11-14-10-15(20-4)6-7-16(14)18/h5-10H,11H2,1-4H3. The van der Waals surface area contributed by atoms with Crippen LogP contribution in [0.25, 0.3) is 0 Å². The highest BCUT2D eigenvalue weighted by molar-refractivity contribution is 9.10. The molecular weight excluding hydrogens is 314 g/mol. The molecule has 0 aliphatic rings. The Bertz CT molecular complexity index is 610. The van der Waals surface area contributed by atoms with Crippen molar-refractivity contribution in [2.24, 2.45) is 0 Å². The van der Waals surface area contributed by atoms with Crippen LogP contribution in [0.4, 0.5) is 5.69 Å². The smallest absolute Gasteiger partial charge is 0.119 e. The lowest BCUT2D eigenvalue weighted by atomic mass is 10.1. The number of benzene rings is 2. The predicted octanol–water partition coefficient (Wildman–Crippen LogP) is 4.71. The first-order valence-corrected chi connectivity index (χ1v) is 7.41. The third-order valence-corrected chi connectivity index (χ3v) is 4.20. The van der Waals surface area contributed by atoms with Crippen molar-refractivity contribution in [3.63, 3.8) is 0 Å². The second-order valence-corrected chi connectivity index (χ2v) is 5.96. The molecule has 20 heavy (non-hydrogen) atoms. The van der Waals surface area contributed by atoms with E-state index in [1.807, 2.05) is 12.1 Å². The molecular formula is C17H20BrNO. The van der Waals surface area contributed by atoms with E-state index in [1.54, 1.807) is 7.11 Å². The molecule has 0 fully saturated rings. The van der Waals surface area contributed by atoms with Gasteiger partial charge in [-0.25, -0.2) is 0 Å². The lowest BCUT2D eigenvalue weighted by Gasteiger charge is -2.22. The molecule has 2 aromatic carbocycles. The largest absolute Gasteiger partial charge is 0.497 e. The maximum absolute atomic E-state index is 5.30. The van der Waals surface area contributed by atoms with Crippen molar-refractivity contribution in [1.82, 2.24) is 0 Å². The number of aryl methyl sites for hydroxylation is 2. The van der Waals surface area contributed by atoms with Crippen LogP contribution in [0.2, 0.25) is 0 Å². The lowest BCUT2D eigenvalue weighted by Crippen LogP contribution is -2.17. The SMILES string of the molecule is COc1ccc(Br)c(CN(C)c2ccc(C)cc2C)c1. The van der Waals surface area contributed by atoms with Crippen LogP contribution in [0.1, 0.15) is 16.7 Å². The number of halogens is 1. The molecule has 0 atom stereocenters. The van der Waals surface area contributed by atoms with Gasteiger partial charge in [0.15, 0.2) is 0 Å². The number of hydrogen-bond donors (Lipinski definition) is 0. The maximum atomic E-state index is 5.30. The highest BCUT2D eigenvalue weighted by Crippen LogP contribution is 2.27. The molecule has 106 valence electrons. The summed E-state index contributed by atoms with van der Waals surface area (Å²) in [6.07, 6.45) is 0. The van der Waals surface area contributed by atoms with E-state index in [0.29, 0.717) is 0 Å². The van der Waals surface area contributed by atoms with E-state index in [9.17, 15) is 0 Å². The third-order valence-electron chi connectivity index (χ3n) is 3.42. The van der Waals surface area contributed by atoms with Crippen LogP contribution >= 0.6 is 15.9 Å². The molecule has 0 saturated carbocycles. The zero-order valence-electron chi connectivity index (χ0n) is 12.4. The lowest BCUT2D eigenvalue weighted by molar-refractivity contribution is 0.414. The van der Waals surface area contributed by atoms with Gasteiger partial charge in [0, 0.05) is 23.8 Å². The first-order valence-electron chi connectivity index (χ1n) is 6.62. The number of nitrogens with zero attached hydrogens (tertiary/aromatic N) is 1. The van der Waals surface area contributed by atoms with Crippen LogP contribution < -0.4 is 9.64 Å². The molecule has 0 aliphatic heterocycles. The Morgan fingerprint density at radius 3 is 2.50 bits per heavy atom. The Hall–Kier alpha value is -1.48. The van der Waals surface area contributed by atoms with Crippen LogP contribution in [-0.4, -0.2) is 14.2 Å². The number of hydrogen-bond acceptors (Lipinski definition) is 2. The van der Waals surface area contributed by atoms with Gasteiger partial charge in [-0.3, -0.25) is 0 Å². The average molecular weight is 334 g/mol. The van der Waals surface area contributed by atoms with Gasteiger partial charge >= 0.3 is 0 Å². The summed E-state index contributed by atoms with van der Waals surface area (Å²) < 4.78 is 6.40. The molecule has 0 bridgehead atoms. The Kier molecular flexibility index (Phi) is 4.71. The van der Waals surface area contributed by atoms with Crippen molar-refractivity contribution in [3.8, 4) is 5.75 Å². The molecule has 0 aliphatic carbocycles. The fraction of sp³-hybridized carbons (Fsp3) is 0.294. The monoisotopic (exact) mass is 333 g/mol. The number of ether oxygens (including phenoxy) is 1. The Morgan fingerprint density at radius 1 is 1.10 bits per heavy atom. The van der Waals surface area contributed by atoms with E-state index in [2.05, 4.69) is 66.0 Å². The van der Waals surface area contributed by atoms with Gasteiger partial charge in [0.2, 0.25) is 0 Å². The number of rotatable bonds is 4. The van der Waals surface area contributed by atoms with Crippen LogP contribution in [-0.2, 0) is 6.54 Å². The predicted molar refractivity (Wildman–Crippen MR) is 88.7 cm³/mol. The molecule has 0 amide bonds. The van der Waals surface area contributed by atoms with Crippen LogP contribution in [0.15, 0.2) is 40.9 Å². The number of methoxy groups -OCH3 is 1. The quantitative estimate of drug-likeness (QED) is 0.803. The summed E-state index contributed by atoms with van der Waals surface area (Å²) >= 11 is 3.61. The minimum atomic E-state index is 0.835. The molecule has 0 N–H and O–H groups in total. The molecule has 3 heteroatoms. The van der Waals surface area contributed by atoms with E-state index in [-0.39, 0.29) is 0 Å². The highest BCUT2D eigenvalue weighted by Gasteiger charge is 2.09. The summed E-state index contributed by atoms with van der Waals surface area (Å²) in [5, 5.41) is 0. The Morgan fingerprint density at radius 2 is 1.85 bits per heavy atom. The molecule has 0 radical (unpaired) electrons. The second-order valence-electron chi connectivity index (χ2n) is 5.10. The second kappa shape index (κ2) is 6.31. The zero-order chi connectivity index (χ0) is 14.7. The van der Waals surface area contributed by atoms with Gasteiger partial charge in [-0.1, -0.05) is 33.6 Å². The molecule has 0 aromatic heterocycles. The van der Waals surface area contributed by atoms with Crippen molar-refractivity contribution >= 4 is 21.6 Å². The van der Waals surface area contributed by atoms with Gasteiger partial charge in [-0.15, -0.1) is 0 Å². The minimum absolute atomic E-state index is 0.835. The molecule has 0 saturated heterocycles. The summed E-state index contributed by atoms with van der Waals surface area (Å²) in [6.45, 7) is 5.11. The van der Waals surface area contributed by atoms with E-state index < -0.39 is 0 Å². The summed E-state index contributed by atoms with van der Waals surface area (Å²) in [5.74, 6) is 0.886. The fourth-order valence-corrected chi connectivity index (χ4v) is 2.75. The minimum Gasteiger partial charge on any atom is -0.497 e. The summed E-state index contributed by atoms with van der Waals surface area (Å²) in [7, 11) is 3.81. The van der Waals surface area contributed by atoms with Gasteiger partial charge < -0.3 is 9.64 Å². The summed E-state index contributed by atoms with van der Waals surface area (Å²) in [5.41, 5.74) is 5.06. The van der Waals surface area contributed by atoms with Crippen molar-refractivity contribution in [3.05, 3.63) is 57.6 Å². The first kappa shape index (κ1) is 14.9. The number of anilines is 1. The maximum Gasteiger partial charge on any atom is 0.119 e. The molecule has 0 spiro atoms. The third kappa shape index (κ3) is 3.34. The van der Waals surface area contributed by atoms with Gasteiger partial charge in [0.05, 0.1) is 7.11 Å². The van der Waals surface area contributed by atoms with Crippen molar-refractivity contribution in [1.29, 1.82) is 0 Å². The molecule has 0 heterocycles. The topological polar surface area (TPSA) is 12.5 Å². The van der Waals surface area contributed by atoms with Crippen molar-refractivity contribution < 1.29 is 4.74 Å². The van der Waals surface area contributed by atoms with Gasteiger partial charge in [0.25, 0.3) is 0 Å². The molecule has 2 rings (SSSR count). The Balaban J connectivity index is 2.25. The first-order chi connectivity index (χ1) is 9.51. The fourth-order valence-electron chi connectivity index (χ4n) is 2.37. The molecule has 2 nitrogen and oxygen atoms in total. The Labute approximate surface area is 129 Å². The summed E-state index contributed by atoms with van der Waals surface area (Å²) in [4.78, 5) is 2.26. The van der Waals surface area contributed by atoms with Gasteiger partial charge in [0.1, 0.15) is 5.75 Å². The van der Waals surface area contributed by atoms with Crippen molar-refractivity contribution in [2.75, 3.05) is 19.1 Å². The van der Waals surface area contributed by atoms with E-state index in [1.165, 1.54) is 22.4 Å². The highest BCUT2D eigenvalue weighted by atomic mass is 79.9. The van der Waals surface area contributed by atoms with Crippen LogP contribution in [0.5, 0.6) is 5.75 Å². The van der Waals surface area contributed by atoms with Crippen molar-refractivity contribution in [2.45, 2.75) is 20.4 Å². The summed E-state index contributed by atoms with van der Waals surface area (Å²) in [6, 6.07) is 12.6. The van der Waals surface area contributed by atoms with E-state index in [4.69, 9.17) is 4.74 Å². The molecule has 2 aromatic rings. The average Bonchev–Trinajstić information content (AvgIpc) is 2.41. The van der Waals surface area contributed by atoms with Gasteiger partial charge in [-0.2, -0.15) is 0 Å². The zero-order valence-corrected chi connectivity index (χ0v) is 14.0. The molecule has 0 unspecified atom stereocenters. The normalized spacial score (nSPS) is 10.4. The van der Waals surface area contributed by atoms with E-state index in [0.717, 1.165) is 16.8 Å². The van der Waals surface area contributed by atoms with Gasteiger partial charge in [-0.05, 0) is 49.2 Å². The van der Waals surface area contributed by atoms with Crippen LogP contribution in [0, 0.1) is 13.8 Å². The van der Waals surface area contributed by atoms with E-state index >= 15 is 0 Å². The van der Waals surface area contributed by atoms with Crippen LogP contribution in [0.3, 0.4) is 0 Å².